The Balaban J connectivity index is 1.90. The number of anilines is 2. The lowest BCUT2D eigenvalue weighted by Gasteiger charge is -2.22. The monoisotopic (exact) mass is 282 g/mol. The smallest absolute Gasteiger partial charge is 0.137 e. The average Bonchev–Trinajstić information content (AvgIpc) is 3.28. The number of benzene rings is 1. The van der Waals surface area contributed by atoms with Gasteiger partial charge in [-0.05, 0) is 37.8 Å². The number of aromatic nitrogens is 2. The van der Waals surface area contributed by atoms with Crippen LogP contribution in [0.1, 0.15) is 41.3 Å². The minimum absolute atomic E-state index is 0.513. The Labute approximate surface area is 126 Å². The molecule has 0 atom stereocenters. The van der Waals surface area contributed by atoms with E-state index in [-0.39, 0.29) is 0 Å². The predicted octanol–water partition coefficient (Wildman–Crippen LogP) is 3.19. The van der Waals surface area contributed by atoms with E-state index in [4.69, 9.17) is 10.7 Å². The number of nitrogens with two attached hydrogens (primary N) is 1. The predicted molar refractivity (Wildman–Crippen MR) is 86.4 cm³/mol. The molecule has 0 bridgehead atoms. The summed E-state index contributed by atoms with van der Waals surface area (Å²) in [5, 5.41) is 0. The molecule has 0 radical (unpaired) electrons. The highest BCUT2D eigenvalue weighted by Crippen LogP contribution is 2.39. The number of aryl methyl sites for hydroxylation is 1. The van der Waals surface area contributed by atoms with Crippen LogP contribution in [0.4, 0.5) is 11.6 Å². The van der Waals surface area contributed by atoms with E-state index in [0.29, 0.717) is 11.7 Å². The normalized spacial score (nSPS) is 14.2. The minimum atomic E-state index is 0.513. The first kappa shape index (κ1) is 13.9. The molecule has 3 rings (SSSR count). The van der Waals surface area contributed by atoms with Gasteiger partial charge in [0, 0.05) is 25.1 Å². The van der Waals surface area contributed by atoms with Gasteiger partial charge in [0.15, 0.2) is 0 Å². The molecule has 2 aromatic rings. The third kappa shape index (κ3) is 2.84. The summed E-state index contributed by atoms with van der Waals surface area (Å²) in [5.74, 6) is 2.98. The van der Waals surface area contributed by atoms with Gasteiger partial charge >= 0.3 is 0 Å². The lowest BCUT2D eigenvalue weighted by molar-refractivity contribution is 0.844. The third-order valence-electron chi connectivity index (χ3n) is 4.15. The molecule has 4 nitrogen and oxygen atoms in total. The van der Waals surface area contributed by atoms with E-state index in [9.17, 15) is 0 Å². The summed E-state index contributed by atoms with van der Waals surface area (Å²) in [6.07, 6.45) is 2.37. The molecule has 2 N–H and O–H groups in total. The maximum atomic E-state index is 6.07. The van der Waals surface area contributed by atoms with Crippen molar-refractivity contribution >= 4 is 11.6 Å². The van der Waals surface area contributed by atoms with Crippen molar-refractivity contribution in [1.29, 1.82) is 0 Å². The number of hydrogen-bond acceptors (Lipinski definition) is 4. The molecule has 1 aromatic carbocycles. The van der Waals surface area contributed by atoms with Crippen LogP contribution in [-0.4, -0.2) is 17.0 Å². The van der Waals surface area contributed by atoms with Crippen molar-refractivity contribution in [2.24, 2.45) is 0 Å². The van der Waals surface area contributed by atoms with E-state index < -0.39 is 0 Å². The minimum Gasteiger partial charge on any atom is -0.383 e. The van der Waals surface area contributed by atoms with Gasteiger partial charge in [0.05, 0.1) is 0 Å². The Morgan fingerprint density at radius 1 is 1.19 bits per heavy atom. The fourth-order valence-electron chi connectivity index (χ4n) is 2.55. The van der Waals surface area contributed by atoms with Crippen molar-refractivity contribution < 1.29 is 0 Å². The summed E-state index contributed by atoms with van der Waals surface area (Å²) in [6, 6.07) is 8.44. The highest BCUT2D eigenvalue weighted by atomic mass is 15.2. The Morgan fingerprint density at radius 3 is 2.57 bits per heavy atom. The van der Waals surface area contributed by atoms with E-state index in [1.165, 1.54) is 24.0 Å². The van der Waals surface area contributed by atoms with Crippen molar-refractivity contribution in [2.45, 2.75) is 39.2 Å². The van der Waals surface area contributed by atoms with Crippen LogP contribution in [0.2, 0.25) is 0 Å². The van der Waals surface area contributed by atoms with Gasteiger partial charge in [-0.3, -0.25) is 0 Å². The topological polar surface area (TPSA) is 55.0 Å². The zero-order valence-electron chi connectivity index (χ0n) is 12.9. The fourth-order valence-corrected chi connectivity index (χ4v) is 2.55. The van der Waals surface area contributed by atoms with Crippen molar-refractivity contribution in [3.8, 4) is 0 Å². The summed E-state index contributed by atoms with van der Waals surface area (Å²) >= 11 is 0. The van der Waals surface area contributed by atoms with Crippen LogP contribution in [0.3, 0.4) is 0 Å². The molecule has 0 spiro atoms. The fraction of sp³-hybridized carbons (Fsp3) is 0.412. The quantitative estimate of drug-likeness (QED) is 0.935. The van der Waals surface area contributed by atoms with Gasteiger partial charge in [0.2, 0.25) is 0 Å². The van der Waals surface area contributed by atoms with Crippen LogP contribution in [0.25, 0.3) is 0 Å². The molecule has 1 saturated carbocycles. The van der Waals surface area contributed by atoms with E-state index in [0.717, 1.165) is 23.8 Å². The number of nitrogens with zero attached hydrogens (tertiary/aromatic N) is 3. The van der Waals surface area contributed by atoms with Gasteiger partial charge < -0.3 is 10.6 Å². The van der Waals surface area contributed by atoms with Crippen LogP contribution in [-0.2, 0) is 6.54 Å². The third-order valence-corrected chi connectivity index (χ3v) is 4.15. The summed E-state index contributed by atoms with van der Waals surface area (Å²) < 4.78 is 0. The Morgan fingerprint density at radius 2 is 1.90 bits per heavy atom. The number of rotatable bonds is 4. The Hall–Kier alpha value is -2.10. The van der Waals surface area contributed by atoms with Gasteiger partial charge in [-0.15, -0.1) is 0 Å². The average molecular weight is 282 g/mol. The van der Waals surface area contributed by atoms with E-state index >= 15 is 0 Å². The lowest BCUT2D eigenvalue weighted by Crippen LogP contribution is -2.21. The van der Waals surface area contributed by atoms with Crippen LogP contribution < -0.4 is 10.6 Å². The second kappa shape index (κ2) is 5.35. The molecule has 0 amide bonds. The molecule has 4 heteroatoms. The molecule has 1 aliphatic carbocycles. The summed E-state index contributed by atoms with van der Waals surface area (Å²) in [7, 11) is 2.07. The summed E-state index contributed by atoms with van der Waals surface area (Å²) in [4.78, 5) is 11.4. The Kier molecular flexibility index (Phi) is 3.53. The highest BCUT2D eigenvalue weighted by molar-refractivity contribution is 5.56. The molecular formula is C17H22N4. The van der Waals surface area contributed by atoms with Crippen molar-refractivity contribution in [3.05, 3.63) is 46.8 Å². The molecule has 21 heavy (non-hydrogen) atoms. The maximum absolute atomic E-state index is 6.07. The Bertz CT molecular complexity index is 662. The second-order valence-electron chi connectivity index (χ2n) is 5.97. The number of hydrogen-bond donors (Lipinski definition) is 1. The summed E-state index contributed by atoms with van der Waals surface area (Å²) in [6.45, 7) is 4.96. The van der Waals surface area contributed by atoms with Gasteiger partial charge in [-0.1, -0.05) is 24.3 Å². The summed E-state index contributed by atoms with van der Waals surface area (Å²) in [5.41, 5.74) is 9.65. The number of nitrogen functional groups attached to an aromatic ring is 1. The zero-order valence-corrected chi connectivity index (χ0v) is 12.9. The van der Waals surface area contributed by atoms with Gasteiger partial charge in [0.25, 0.3) is 0 Å². The lowest BCUT2D eigenvalue weighted by atomic mass is 10.1. The second-order valence-corrected chi connectivity index (χ2v) is 5.97. The first-order valence-corrected chi connectivity index (χ1v) is 7.46. The first-order chi connectivity index (χ1) is 10.1. The molecule has 1 heterocycles. The highest BCUT2D eigenvalue weighted by Gasteiger charge is 2.28. The van der Waals surface area contributed by atoms with Crippen LogP contribution in [0.5, 0.6) is 0 Å². The van der Waals surface area contributed by atoms with E-state index in [1.807, 2.05) is 6.92 Å². The molecule has 1 fully saturated rings. The molecule has 0 aliphatic heterocycles. The largest absolute Gasteiger partial charge is 0.383 e. The van der Waals surface area contributed by atoms with E-state index in [2.05, 4.69) is 48.1 Å². The molecule has 110 valence electrons. The van der Waals surface area contributed by atoms with Crippen LogP contribution in [0.15, 0.2) is 24.3 Å². The van der Waals surface area contributed by atoms with Gasteiger partial charge in [0.1, 0.15) is 17.5 Å². The van der Waals surface area contributed by atoms with Crippen molar-refractivity contribution in [3.63, 3.8) is 0 Å². The molecule has 0 saturated heterocycles. The van der Waals surface area contributed by atoms with Crippen molar-refractivity contribution in [2.75, 3.05) is 17.7 Å². The van der Waals surface area contributed by atoms with Crippen molar-refractivity contribution in [1.82, 2.24) is 9.97 Å². The zero-order chi connectivity index (χ0) is 15.0. The SMILES string of the molecule is Cc1ccccc1CN(C)c1nc(C2CC2)nc(N)c1C. The van der Waals surface area contributed by atoms with Gasteiger partial charge in [-0.25, -0.2) is 9.97 Å². The molecule has 0 unspecified atom stereocenters. The molecular weight excluding hydrogens is 260 g/mol. The standard InChI is InChI=1S/C17H22N4/c1-11-6-4-5-7-14(11)10-21(3)17-12(2)15(18)19-16(20-17)13-8-9-13/h4-7,13H,8-10H2,1-3H3,(H2,18,19,20). The first-order valence-electron chi connectivity index (χ1n) is 7.46. The van der Waals surface area contributed by atoms with Crippen LogP contribution in [0, 0.1) is 13.8 Å². The van der Waals surface area contributed by atoms with Gasteiger partial charge in [-0.2, -0.15) is 0 Å². The maximum Gasteiger partial charge on any atom is 0.137 e. The molecule has 1 aliphatic rings. The van der Waals surface area contributed by atoms with E-state index in [1.54, 1.807) is 0 Å². The molecule has 1 aromatic heterocycles. The van der Waals surface area contributed by atoms with Crippen LogP contribution >= 0.6 is 0 Å².